The fourth-order valence-electron chi connectivity index (χ4n) is 1.81. The van der Waals surface area contributed by atoms with Gasteiger partial charge in [0, 0.05) is 12.1 Å². The Kier molecular flexibility index (Phi) is 4.34. The van der Waals surface area contributed by atoms with E-state index in [1.54, 1.807) is 17.9 Å². The van der Waals surface area contributed by atoms with E-state index in [2.05, 4.69) is 10.3 Å². The number of benzene rings is 1. The zero-order chi connectivity index (χ0) is 14.5. The quantitative estimate of drug-likeness (QED) is 0.756. The Balaban J connectivity index is 2.17. The number of hydrogen-bond acceptors (Lipinski definition) is 5. The minimum Gasteiger partial charge on any atom is -0.497 e. The molecule has 0 amide bonds. The third-order valence-corrected chi connectivity index (χ3v) is 2.84. The third kappa shape index (κ3) is 2.96. The van der Waals surface area contributed by atoms with Crippen LogP contribution in [0.25, 0.3) is 0 Å². The van der Waals surface area contributed by atoms with Crippen LogP contribution in [0.1, 0.15) is 36.1 Å². The molecule has 0 bridgehead atoms. The Labute approximate surface area is 117 Å². The highest BCUT2D eigenvalue weighted by Gasteiger charge is 2.15. The fourth-order valence-corrected chi connectivity index (χ4v) is 1.81. The van der Waals surface area contributed by atoms with Crippen molar-refractivity contribution in [3.8, 4) is 11.5 Å². The van der Waals surface area contributed by atoms with Gasteiger partial charge in [0.2, 0.25) is 0 Å². The standard InChI is InChI=1S/C14H17N3O3/c1-10(2)17-14(13(8-18)15-16-17)9-20-12-6-4-5-11(7-12)19-3/h4-8,10H,9H2,1-3H3. The van der Waals surface area contributed by atoms with Crippen LogP contribution in [-0.2, 0) is 6.61 Å². The lowest BCUT2D eigenvalue weighted by Gasteiger charge is -2.11. The van der Waals surface area contributed by atoms with Gasteiger partial charge in [0.25, 0.3) is 0 Å². The lowest BCUT2D eigenvalue weighted by Crippen LogP contribution is -2.11. The van der Waals surface area contributed by atoms with E-state index in [9.17, 15) is 4.79 Å². The number of hydrogen-bond donors (Lipinski definition) is 0. The van der Waals surface area contributed by atoms with Gasteiger partial charge in [-0.3, -0.25) is 4.79 Å². The summed E-state index contributed by atoms with van der Waals surface area (Å²) in [5.41, 5.74) is 0.972. The summed E-state index contributed by atoms with van der Waals surface area (Å²) in [6, 6.07) is 7.40. The number of carbonyl (C=O) groups is 1. The number of aromatic nitrogens is 3. The molecule has 1 aromatic heterocycles. The van der Waals surface area contributed by atoms with Gasteiger partial charge in [-0.15, -0.1) is 5.10 Å². The maximum absolute atomic E-state index is 11.0. The van der Waals surface area contributed by atoms with Crippen molar-refractivity contribution in [3.63, 3.8) is 0 Å². The molecule has 2 aromatic rings. The van der Waals surface area contributed by atoms with Crippen LogP contribution in [-0.4, -0.2) is 28.4 Å². The van der Waals surface area contributed by atoms with Crippen molar-refractivity contribution in [3.05, 3.63) is 35.7 Å². The summed E-state index contributed by atoms with van der Waals surface area (Å²) in [7, 11) is 1.60. The molecule has 0 radical (unpaired) electrons. The van der Waals surface area contributed by atoms with Crippen LogP contribution in [0.3, 0.4) is 0 Å². The molecule has 20 heavy (non-hydrogen) atoms. The summed E-state index contributed by atoms with van der Waals surface area (Å²) in [6.45, 7) is 4.17. The first-order valence-electron chi connectivity index (χ1n) is 6.31. The van der Waals surface area contributed by atoms with Gasteiger partial charge in [0.15, 0.2) is 12.0 Å². The van der Waals surface area contributed by atoms with Gasteiger partial charge in [-0.25, -0.2) is 4.68 Å². The van der Waals surface area contributed by atoms with Crippen LogP contribution in [0.2, 0.25) is 0 Å². The van der Waals surface area contributed by atoms with Crippen LogP contribution in [0.4, 0.5) is 0 Å². The van der Waals surface area contributed by atoms with Crippen LogP contribution in [0.5, 0.6) is 11.5 Å². The molecule has 0 N–H and O–H groups in total. The second-order valence-corrected chi connectivity index (χ2v) is 4.55. The molecule has 0 aliphatic rings. The van der Waals surface area contributed by atoms with Crippen molar-refractivity contribution < 1.29 is 14.3 Å². The second-order valence-electron chi connectivity index (χ2n) is 4.55. The molecule has 0 fully saturated rings. The summed E-state index contributed by atoms with van der Waals surface area (Å²) in [6.07, 6.45) is 0.691. The first-order chi connectivity index (χ1) is 9.65. The van der Waals surface area contributed by atoms with E-state index in [4.69, 9.17) is 9.47 Å². The Hall–Kier alpha value is -2.37. The highest BCUT2D eigenvalue weighted by atomic mass is 16.5. The highest BCUT2D eigenvalue weighted by molar-refractivity contribution is 5.73. The van der Waals surface area contributed by atoms with Crippen LogP contribution >= 0.6 is 0 Å². The maximum Gasteiger partial charge on any atom is 0.172 e. The lowest BCUT2D eigenvalue weighted by atomic mass is 10.3. The van der Waals surface area contributed by atoms with E-state index in [1.807, 2.05) is 32.0 Å². The molecule has 0 unspecified atom stereocenters. The van der Waals surface area contributed by atoms with E-state index in [-0.39, 0.29) is 12.6 Å². The predicted molar refractivity (Wildman–Crippen MR) is 73.1 cm³/mol. The molecule has 0 atom stereocenters. The van der Waals surface area contributed by atoms with Gasteiger partial charge in [-0.05, 0) is 26.0 Å². The third-order valence-electron chi connectivity index (χ3n) is 2.84. The van der Waals surface area contributed by atoms with E-state index < -0.39 is 0 Å². The maximum atomic E-state index is 11.0. The number of ether oxygens (including phenoxy) is 2. The Morgan fingerprint density at radius 2 is 2.10 bits per heavy atom. The van der Waals surface area contributed by atoms with Gasteiger partial charge in [0.1, 0.15) is 23.8 Å². The summed E-state index contributed by atoms with van der Waals surface area (Å²) < 4.78 is 12.5. The molecule has 1 heterocycles. The molecule has 6 heteroatoms. The fraction of sp³-hybridized carbons (Fsp3) is 0.357. The zero-order valence-corrected chi connectivity index (χ0v) is 11.7. The van der Waals surface area contributed by atoms with Crippen LogP contribution in [0, 0.1) is 0 Å². The molecular weight excluding hydrogens is 258 g/mol. The van der Waals surface area contributed by atoms with Gasteiger partial charge in [0.05, 0.1) is 7.11 Å². The molecule has 0 spiro atoms. The molecule has 0 aliphatic heterocycles. The summed E-state index contributed by atoms with van der Waals surface area (Å²) >= 11 is 0. The van der Waals surface area contributed by atoms with E-state index in [0.29, 0.717) is 29.2 Å². The largest absolute Gasteiger partial charge is 0.497 e. The summed E-state index contributed by atoms with van der Waals surface area (Å²) in [4.78, 5) is 11.0. The van der Waals surface area contributed by atoms with E-state index >= 15 is 0 Å². The lowest BCUT2D eigenvalue weighted by molar-refractivity contribution is 0.111. The SMILES string of the molecule is COc1cccc(OCc2c(C=O)nnn2C(C)C)c1. The minimum atomic E-state index is 0.111. The number of methoxy groups -OCH3 is 1. The van der Waals surface area contributed by atoms with E-state index in [0.717, 1.165) is 0 Å². The average molecular weight is 275 g/mol. The molecule has 2 rings (SSSR count). The molecule has 6 nitrogen and oxygen atoms in total. The van der Waals surface area contributed by atoms with Crippen molar-refractivity contribution in [2.24, 2.45) is 0 Å². The summed E-state index contributed by atoms with van der Waals surface area (Å²) in [5, 5.41) is 7.81. The molecule has 0 saturated carbocycles. The van der Waals surface area contributed by atoms with Crippen molar-refractivity contribution in [1.82, 2.24) is 15.0 Å². The zero-order valence-electron chi connectivity index (χ0n) is 11.7. The van der Waals surface area contributed by atoms with E-state index in [1.165, 1.54) is 0 Å². The number of carbonyl (C=O) groups excluding carboxylic acids is 1. The van der Waals surface area contributed by atoms with Crippen LogP contribution < -0.4 is 9.47 Å². The molecular formula is C14H17N3O3. The highest BCUT2D eigenvalue weighted by Crippen LogP contribution is 2.20. The number of nitrogens with zero attached hydrogens (tertiary/aromatic N) is 3. The number of rotatable bonds is 6. The normalized spacial score (nSPS) is 10.6. The Morgan fingerprint density at radius 1 is 1.35 bits per heavy atom. The van der Waals surface area contributed by atoms with Gasteiger partial charge >= 0.3 is 0 Å². The monoisotopic (exact) mass is 275 g/mol. The molecule has 1 aromatic carbocycles. The number of aldehydes is 1. The average Bonchev–Trinajstić information content (AvgIpc) is 2.88. The van der Waals surface area contributed by atoms with Crippen molar-refractivity contribution >= 4 is 6.29 Å². The van der Waals surface area contributed by atoms with Crippen LogP contribution in [0.15, 0.2) is 24.3 Å². The first-order valence-corrected chi connectivity index (χ1v) is 6.31. The predicted octanol–water partition coefficient (Wildman–Crippen LogP) is 2.26. The Bertz CT molecular complexity index is 593. The Morgan fingerprint density at radius 3 is 2.75 bits per heavy atom. The molecule has 106 valence electrons. The molecule has 0 aliphatic carbocycles. The topological polar surface area (TPSA) is 66.2 Å². The summed E-state index contributed by atoms with van der Waals surface area (Å²) in [5.74, 6) is 1.38. The smallest absolute Gasteiger partial charge is 0.172 e. The van der Waals surface area contributed by atoms with Gasteiger partial charge in [-0.1, -0.05) is 11.3 Å². The first kappa shape index (κ1) is 14.0. The van der Waals surface area contributed by atoms with Gasteiger partial charge < -0.3 is 9.47 Å². The van der Waals surface area contributed by atoms with Crippen molar-refractivity contribution in [2.75, 3.05) is 7.11 Å². The van der Waals surface area contributed by atoms with Crippen molar-refractivity contribution in [1.29, 1.82) is 0 Å². The second kappa shape index (κ2) is 6.18. The van der Waals surface area contributed by atoms with Crippen molar-refractivity contribution in [2.45, 2.75) is 26.5 Å². The van der Waals surface area contributed by atoms with Gasteiger partial charge in [-0.2, -0.15) is 0 Å². The minimum absolute atomic E-state index is 0.111. The molecule has 0 saturated heterocycles.